The zero-order chi connectivity index (χ0) is 13.5. The minimum atomic E-state index is -0.342. The van der Waals surface area contributed by atoms with E-state index in [1.54, 1.807) is 13.2 Å². The standard InChI is InChI=1S/C12H13NO3.C2H6.HI/c1-13-7-8-5-12(14)16-11-6-9(15-2)3-4-10(8)11;1-2;/h3-6,13H,7H2,1-2H3;1-2H3;1H. The predicted octanol–water partition coefficient (Wildman–Crippen LogP) is 3.17. The summed E-state index contributed by atoms with van der Waals surface area (Å²) in [6, 6.07) is 6.96. The number of hydrogen-bond acceptors (Lipinski definition) is 4. The van der Waals surface area contributed by atoms with Crippen LogP contribution in [-0.2, 0) is 6.54 Å². The Balaban J connectivity index is 0.00000103. The molecular weight excluding hydrogens is 357 g/mol. The van der Waals surface area contributed by atoms with E-state index in [9.17, 15) is 4.79 Å². The van der Waals surface area contributed by atoms with Crippen molar-refractivity contribution in [1.29, 1.82) is 0 Å². The quantitative estimate of drug-likeness (QED) is 0.660. The summed E-state index contributed by atoms with van der Waals surface area (Å²) in [5.74, 6) is 0.678. The molecule has 1 N–H and O–H groups in total. The van der Waals surface area contributed by atoms with Crippen molar-refractivity contribution < 1.29 is 9.15 Å². The molecule has 1 heterocycles. The summed E-state index contributed by atoms with van der Waals surface area (Å²) >= 11 is 0. The molecule has 0 atom stereocenters. The lowest BCUT2D eigenvalue weighted by Crippen LogP contribution is -2.09. The number of hydrogen-bond donors (Lipinski definition) is 1. The highest BCUT2D eigenvalue weighted by Crippen LogP contribution is 2.22. The molecule has 0 fully saturated rings. The van der Waals surface area contributed by atoms with Gasteiger partial charge in [0.2, 0.25) is 0 Å². The third kappa shape index (κ3) is 4.50. The molecule has 0 spiro atoms. The van der Waals surface area contributed by atoms with Crippen molar-refractivity contribution in [2.45, 2.75) is 20.4 Å². The molecule has 4 nitrogen and oxygen atoms in total. The molecule has 0 radical (unpaired) electrons. The predicted molar refractivity (Wildman–Crippen MR) is 88.6 cm³/mol. The van der Waals surface area contributed by atoms with Crippen LogP contribution < -0.4 is 15.7 Å². The molecule has 1 aromatic heterocycles. The Morgan fingerprint density at radius 3 is 2.53 bits per heavy atom. The van der Waals surface area contributed by atoms with Crippen LogP contribution in [0.5, 0.6) is 5.75 Å². The first-order chi connectivity index (χ1) is 8.74. The fraction of sp³-hybridized carbons (Fsp3) is 0.357. The van der Waals surface area contributed by atoms with Gasteiger partial charge in [0.15, 0.2) is 0 Å². The Kier molecular flexibility index (Phi) is 8.42. The fourth-order valence-corrected chi connectivity index (χ4v) is 1.67. The number of halogens is 1. The van der Waals surface area contributed by atoms with Crippen LogP contribution in [0.4, 0.5) is 0 Å². The Hall–Kier alpha value is -1.08. The molecule has 0 bridgehead atoms. The Morgan fingerprint density at radius 2 is 1.95 bits per heavy atom. The fourth-order valence-electron chi connectivity index (χ4n) is 1.67. The van der Waals surface area contributed by atoms with Crippen molar-refractivity contribution in [3.63, 3.8) is 0 Å². The first-order valence-corrected chi connectivity index (χ1v) is 6.00. The summed E-state index contributed by atoms with van der Waals surface area (Å²) in [6.45, 7) is 4.63. The molecular formula is C14H20INO3. The van der Waals surface area contributed by atoms with E-state index in [4.69, 9.17) is 9.15 Å². The highest BCUT2D eigenvalue weighted by molar-refractivity contribution is 14.0. The van der Waals surface area contributed by atoms with Gasteiger partial charge in [-0.25, -0.2) is 4.79 Å². The second-order valence-electron chi connectivity index (χ2n) is 3.48. The summed E-state index contributed by atoms with van der Waals surface area (Å²) in [5, 5.41) is 3.95. The van der Waals surface area contributed by atoms with Gasteiger partial charge >= 0.3 is 5.63 Å². The topological polar surface area (TPSA) is 51.5 Å². The highest BCUT2D eigenvalue weighted by Gasteiger charge is 2.05. The minimum Gasteiger partial charge on any atom is -0.497 e. The van der Waals surface area contributed by atoms with Gasteiger partial charge in [-0.05, 0) is 24.7 Å². The third-order valence-corrected chi connectivity index (χ3v) is 2.40. The molecule has 0 saturated carbocycles. The number of benzene rings is 1. The monoisotopic (exact) mass is 377 g/mol. The molecule has 2 rings (SSSR count). The summed E-state index contributed by atoms with van der Waals surface area (Å²) in [6.07, 6.45) is 0. The van der Waals surface area contributed by atoms with Gasteiger partial charge in [0, 0.05) is 24.1 Å². The Bertz CT molecular complexity index is 566. The average molecular weight is 377 g/mol. The van der Waals surface area contributed by atoms with Crippen LogP contribution in [0.15, 0.2) is 33.5 Å². The number of rotatable bonds is 3. The van der Waals surface area contributed by atoms with Crippen LogP contribution in [0, 0.1) is 0 Å². The smallest absolute Gasteiger partial charge is 0.336 e. The highest BCUT2D eigenvalue weighted by atomic mass is 127. The summed E-state index contributed by atoms with van der Waals surface area (Å²) in [4.78, 5) is 11.3. The van der Waals surface area contributed by atoms with Crippen molar-refractivity contribution in [3.8, 4) is 5.75 Å². The minimum absolute atomic E-state index is 0. The SMILES string of the molecule is CC.CNCc1cc(=O)oc2cc(OC)ccc12.I. The Morgan fingerprint density at radius 1 is 1.26 bits per heavy atom. The van der Waals surface area contributed by atoms with E-state index in [2.05, 4.69) is 5.32 Å². The van der Waals surface area contributed by atoms with Crippen LogP contribution >= 0.6 is 24.0 Å². The lowest BCUT2D eigenvalue weighted by Gasteiger charge is -2.05. The van der Waals surface area contributed by atoms with Crippen LogP contribution in [-0.4, -0.2) is 14.2 Å². The van der Waals surface area contributed by atoms with Gasteiger partial charge in [-0.15, -0.1) is 24.0 Å². The third-order valence-electron chi connectivity index (χ3n) is 2.40. The van der Waals surface area contributed by atoms with Crippen LogP contribution in [0.25, 0.3) is 11.0 Å². The number of methoxy groups -OCH3 is 1. The van der Waals surface area contributed by atoms with Gasteiger partial charge < -0.3 is 14.5 Å². The molecule has 1 aromatic carbocycles. The van der Waals surface area contributed by atoms with Crippen molar-refractivity contribution in [2.75, 3.05) is 14.2 Å². The molecule has 0 saturated heterocycles. The van der Waals surface area contributed by atoms with Gasteiger partial charge in [0.25, 0.3) is 0 Å². The van der Waals surface area contributed by atoms with Gasteiger partial charge in [0.05, 0.1) is 7.11 Å². The average Bonchev–Trinajstić information content (AvgIpc) is 2.40. The zero-order valence-electron chi connectivity index (χ0n) is 11.6. The second-order valence-corrected chi connectivity index (χ2v) is 3.48. The maximum Gasteiger partial charge on any atom is 0.336 e. The van der Waals surface area contributed by atoms with E-state index in [-0.39, 0.29) is 29.6 Å². The lowest BCUT2D eigenvalue weighted by atomic mass is 10.1. The first-order valence-electron chi connectivity index (χ1n) is 6.00. The second kappa shape index (κ2) is 8.92. The van der Waals surface area contributed by atoms with Gasteiger partial charge in [-0.3, -0.25) is 0 Å². The van der Waals surface area contributed by atoms with E-state index in [1.807, 2.05) is 33.0 Å². The summed E-state index contributed by atoms with van der Waals surface area (Å²) in [7, 11) is 3.42. The number of fused-ring (bicyclic) bond motifs is 1. The molecule has 0 aliphatic heterocycles. The largest absolute Gasteiger partial charge is 0.497 e. The normalized spacial score (nSPS) is 9.26. The Labute approximate surface area is 130 Å². The molecule has 0 aliphatic carbocycles. The van der Waals surface area contributed by atoms with Gasteiger partial charge in [-0.1, -0.05) is 13.8 Å². The molecule has 5 heteroatoms. The molecule has 0 unspecified atom stereocenters. The van der Waals surface area contributed by atoms with Crippen molar-refractivity contribution in [1.82, 2.24) is 5.32 Å². The van der Waals surface area contributed by atoms with E-state index in [0.29, 0.717) is 17.9 Å². The summed E-state index contributed by atoms with van der Waals surface area (Å²) < 4.78 is 10.2. The number of ether oxygens (including phenoxy) is 1. The first kappa shape index (κ1) is 17.9. The molecule has 19 heavy (non-hydrogen) atoms. The molecule has 0 aliphatic rings. The molecule has 106 valence electrons. The molecule has 0 amide bonds. The van der Waals surface area contributed by atoms with Crippen molar-refractivity contribution in [2.24, 2.45) is 0 Å². The van der Waals surface area contributed by atoms with E-state index >= 15 is 0 Å². The lowest BCUT2D eigenvalue weighted by molar-refractivity contribution is 0.414. The van der Waals surface area contributed by atoms with E-state index < -0.39 is 0 Å². The van der Waals surface area contributed by atoms with Crippen molar-refractivity contribution >= 4 is 34.9 Å². The maximum atomic E-state index is 11.3. The van der Waals surface area contributed by atoms with E-state index in [0.717, 1.165) is 10.9 Å². The number of nitrogens with one attached hydrogen (secondary N) is 1. The maximum absolute atomic E-state index is 11.3. The van der Waals surface area contributed by atoms with Gasteiger partial charge in [0.1, 0.15) is 11.3 Å². The molecule has 2 aromatic rings. The van der Waals surface area contributed by atoms with Crippen LogP contribution in [0.1, 0.15) is 19.4 Å². The zero-order valence-corrected chi connectivity index (χ0v) is 14.0. The van der Waals surface area contributed by atoms with Crippen molar-refractivity contribution in [3.05, 3.63) is 40.2 Å². The van der Waals surface area contributed by atoms with Crippen LogP contribution in [0.2, 0.25) is 0 Å². The summed E-state index contributed by atoms with van der Waals surface area (Å²) in [5.41, 5.74) is 1.14. The van der Waals surface area contributed by atoms with E-state index in [1.165, 1.54) is 6.07 Å². The van der Waals surface area contributed by atoms with Crippen LogP contribution in [0.3, 0.4) is 0 Å². The van der Waals surface area contributed by atoms with Gasteiger partial charge in [-0.2, -0.15) is 0 Å².